The van der Waals surface area contributed by atoms with Crippen LogP contribution in [-0.2, 0) is 6.42 Å². The minimum Gasteiger partial charge on any atom is -0.493 e. The molecule has 0 saturated carbocycles. The topological polar surface area (TPSA) is 38.8 Å². The predicted octanol–water partition coefficient (Wildman–Crippen LogP) is 4.40. The van der Waals surface area contributed by atoms with Crippen molar-refractivity contribution in [1.29, 1.82) is 0 Å². The smallest absolute Gasteiger partial charge is 0.171 e. The van der Waals surface area contributed by atoms with Crippen LogP contribution in [0, 0.1) is 11.7 Å². The van der Waals surface area contributed by atoms with Crippen LogP contribution >= 0.6 is 12.4 Å². The summed E-state index contributed by atoms with van der Waals surface area (Å²) < 4.78 is 23.7. The van der Waals surface area contributed by atoms with E-state index in [1.54, 1.807) is 20.3 Å². The van der Waals surface area contributed by atoms with Crippen molar-refractivity contribution in [3.05, 3.63) is 59.4 Å². The maximum absolute atomic E-state index is 13.0. The number of halogens is 2. The number of ether oxygens (including phenoxy) is 2. The normalized spacial score (nSPS) is 15.0. The van der Waals surface area contributed by atoms with E-state index in [0.717, 1.165) is 44.5 Å². The zero-order chi connectivity index (χ0) is 19.2. The van der Waals surface area contributed by atoms with E-state index in [-0.39, 0.29) is 29.9 Å². The highest BCUT2D eigenvalue weighted by Crippen LogP contribution is 2.34. The molecule has 1 heterocycles. The maximum atomic E-state index is 13.0. The van der Waals surface area contributed by atoms with Crippen LogP contribution in [-0.4, -0.2) is 44.5 Å². The monoisotopic (exact) mass is 407 g/mol. The van der Waals surface area contributed by atoms with Gasteiger partial charge in [0.05, 0.1) is 19.8 Å². The van der Waals surface area contributed by atoms with Crippen molar-refractivity contribution in [3.63, 3.8) is 0 Å². The van der Waals surface area contributed by atoms with Gasteiger partial charge in [-0.15, -0.1) is 12.4 Å². The van der Waals surface area contributed by atoms with E-state index in [0.29, 0.717) is 17.1 Å². The Labute approximate surface area is 172 Å². The van der Waals surface area contributed by atoms with Crippen LogP contribution in [0.15, 0.2) is 42.5 Å². The lowest BCUT2D eigenvalue weighted by atomic mass is 9.88. The summed E-state index contributed by atoms with van der Waals surface area (Å²) in [5, 5.41) is 0. The number of para-hydroxylation sites is 1. The lowest BCUT2D eigenvalue weighted by Crippen LogP contribution is -2.37. The van der Waals surface area contributed by atoms with Crippen LogP contribution < -0.4 is 9.47 Å². The van der Waals surface area contributed by atoms with Gasteiger partial charge < -0.3 is 14.4 Å². The summed E-state index contributed by atoms with van der Waals surface area (Å²) in [7, 11) is 3.14. The van der Waals surface area contributed by atoms with Crippen molar-refractivity contribution in [2.24, 2.45) is 5.92 Å². The molecule has 28 heavy (non-hydrogen) atoms. The fourth-order valence-electron chi connectivity index (χ4n) is 3.66. The van der Waals surface area contributed by atoms with Crippen molar-refractivity contribution in [2.45, 2.75) is 19.3 Å². The molecule has 3 rings (SSSR count). The minimum atomic E-state index is -0.203. The SMILES string of the molecule is COc1cccc(C(=O)C2CCN(CCc3ccc(F)cc3)CC2)c1OC.Cl. The summed E-state index contributed by atoms with van der Waals surface area (Å²) in [6.45, 7) is 2.71. The average molecular weight is 408 g/mol. The summed E-state index contributed by atoms with van der Waals surface area (Å²) >= 11 is 0. The Morgan fingerprint density at radius 1 is 1.07 bits per heavy atom. The highest BCUT2D eigenvalue weighted by Gasteiger charge is 2.28. The first-order chi connectivity index (χ1) is 13.1. The number of ketones is 1. The van der Waals surface area contributed by atoms with Crippen molar-refractivity contribution in [2.75, 3.05) is 33.9 Å². The fraction of sp³-hybridized carbons (Fsp3) is 0.409. The standard InChI is InChI=1S/C22H26FNO3.ClH/c1-26-20-5-3-4-19(22(20)27-2)21(25)17-11-14-24(15-12-17)13-10-16-6-8-18(23)9-7-16;/h3-9,17H,10-15H2,1-2H3;1H. The Bertz CT molecular complexity index is 774. The number of carbonyl (C=O) groups excluding carboxylic acids is 1. The molecule has 1 aliphatic heterocycles. The molecule has 0 aromatic heterocycles. The number of methoxy groups -OCH3 is 2. The molecule has 2 aromatic carbocycles. The molecule has 152 valence electrons. The van der Waals surface area contributed by atoms with Crippen molar-refractivity contribution < 1.29 is 18.7 Å². The van der Waals surface area contributed by atoms with E-state index in [9.17, 15) is 9.18 Å². The highest BCUT2D eigenvalue weighted by atomic mass is 35.5. The third-order valence-corrected chi connectivity index (χ3v) is 5.26. The van der Waals surface area contributed by atoms with E-state index in [4.69, 9.17) is 9.47 Å². The molecule has 6 heteroatoms. The summed E-state index contributed by atoms with van der Waals surface area (Å²) in [5.41, 5.74) is 1.73. The van der Waals surface area contributed by atoms with Gasteiger partial charge in [-0.05, 0) is 62.2 Å². The van der Waals surface area contributed by atoms with Crippen LogP contribution in [0.4, 0.5) is 4.39 Å². The number of likely N-dealkylation sites (tertiary alicyclic amines) is 1. The molecular weight excluding hydrogens is 381 g/mol. The third kappa shape index (κ3) is 5.24. The fourth-order valence-corrected chi connectivity index (χ4v) is 3.66. The second-order valence-electron chi connectivity index (χ2n) is 6.90. The van der Waals surface area contributed by atoms with Crippen LogP contribution in [0.1, 0.15) is 28.8 Å². The largest absolute Gasteiger partial charge is 0.493 e. The Kier molecular flexibility index (Phi) is 8.27. The Morgan fingerprint density at radius 3 is 2.36 bits per heavy atom. The van der Waals surface area contributed by atoms with Gasteiger partial charge in [0.15, 0.2) is 17.3 Å². The number of hydrogen-bond acceptors (Lipinski definition) is 4. The van der Waals surface area contributed by atoms with Gasteiger partial charge in [-0.25, -0.2) is 4.39 Å². The molecule has 0 amide bonds. The van der Waals surface area contributed by atoms with E-state index in [1.165, 1.54) is 12.1 Å². The van der Waals surface area contributed by atoms with Crippen molar-refractivity contribution >= 4 is 18.2 Å². The number of hydrogen-bond donors (Lipinski definition) is 0. The number of rotatable bonds is 7. The average Bonchev–Trinajstić information content (AvgIpc) is 2.72. The first kappa shape index (κ1) is 22.2. The van der Waals surface area contributed by atoms with Crippen LogP contribution in [0.5, 0.6) is 11.5 Å². The van der Waals surface area contributed by atoms with Gasteiger partial charge in [-0.1, -0.05) is 18.2 Å². The first-order valence-corrected chi connectivity index (χ1v) is 9.34. The zero-order valence-electron chi connectivity index (χ0n) is 16.3. The molecule has 0 atom stereocenters. The Hall–Kier alpha value is -2.11. The van der Waals surface area contributed by atoms with Gasteiger partial charge in [-0.2, -0.15) is 0 Å². The molecule has 0 unspecified atom stereocenters. The number of piperidine rings is 1. The third-order valence-electron chi connectivity index (χ3n) is 5.26. The van der Waals surface area contributed by atoms with Crippen LogP contribution in [0.2, 0.25) is 0 Å². The number of carbonyl (C=O) groups is 1. The summed E-state index contributed by atoms with van der Waals surface area (Å²) in [6, 6.07) is 12.1. The second kappa shape index (κ2) is 10.4. The molecule has 1 fully saturated rings. The molecular formula is C22H27ClFNO3. The van der Waals surface area contributed by atoms with Gasteiger partial charge in [0, 0.05) is 12.5 Å². The Balaban J connectivity index is 0.00000280. The van der Waals surface area contributed by atoms with Gasteiger partial charge in [0.1, 0.15) is 5.82 Å². The zero-order valence-corrected chi connectivity index (χ0v) is 17.1. The molecule has 1 aliphatic rings. The summed E-state index contributed by atoms with van der Waals surface area (Å²) in [6.07, 6.45) is 2.56. The minimum absolute atomic E-state index is 0. The maximum Gasteiger partial charge on any atom is 0.171 e. The molecule has 0 aliphatic carbocycles. The molecule has 0 bridgehead atoms. The molecule has 0 spiro atoms. The summed E-state index contributed by atoms with van der Waals surface area (Å²) in [5.74, 6) is 1.03. The van der Waals surface area contributed by atoms with Crippen LogP contribution in [0.3, 0.4) is 0 Å². The number of benzene rings is 2. The van der Waals surface area contributed by atoms with E-state index < -0.39 is 0 Å². The summed E-state index contributed by atoms with van der Waals surface area (Å²) in [4.78, 5) is 15.3. The van der Waals surface area contributed by atoms with Crippen molar-refractivity contribution in [3.8, 4) is 11.5 Å². The molecule has 0 radical (unpaired) electrons. The van der Waals surface area contributed by atoms with Gasteiger partial charge in [-0.3, -0.25) is 4.79 Å². The van der Waals surface area contributed by atoms with E-state index in [2.05, 4.69) is 4.90 Å². The van der Waals surface area contributed by atoms with Gasteiger partial charge >= 0.3 is 0 Å². The van der Waals surface area contributed by atoms with E-state index >= 15 is 0 Å². The molecule has 2 aromatic rings. The molecule has 1 saturated heterocycles. The van der Waals surface area contributed by atoms with E-state index in [1.807, 2.05) is 24.3 Å². The lowest BCUT2D eigenvalue weighted by Gasteiger charge is -2.31. The first-order valence-electron chi connectivity index (χ1n) is 9.34. The van der Waals surface area contributed by atoms with Gasteiger partial charge in [0.25, 0.3) is 0 Å². The second-order valence-corrected chi connectivity index (χ2v) is 6.90. The lowest BCUT2D eigenvalue weighted by molar-refractivity contribution is 0.0837. The van der Waals surface area contributed by atoms with Crippen molar-refractivity contribution in [1.82, 2.24) is 4.90 Å². The van der Waals surface area contributed by atoms with Gasteiger partial charge in [0.2, 0.25) is 0 Å². The van der Waals surface area contributed by atoms with Crippen LogP contribution in [0.25, 0.3) is 0 Å². The quantitative estimate of drug-likeness (QED) is 0.637. The molecule has 0 N–H and O–H groups in total. The Morgan fingerprint density at radius 2 is 1.75 bits per heavy atom. The highest BCUT2D eigenvalue weighted by molar-refractivity contribution is 6.01. The predicted molar refractivity (Wildman–Crippen MR) is 110 cm³/mol. The number of Topliss-reactive ketones (excluding diaryl/α,β-unsaturated/α-hetero) is 1. The number of nitrogens with zero attached hydrogens (tertiary/aromatic N) is 1. The molecule has 4 nitrogen and oxygen atoms in total.